The largest absolute Gasteiger partial charge is 0.244 e. The summed E-state index contributed by atoms with van der Waals surface area (Å²) in [5.41, 5.74) is 1.37. The molecule has 80 valence electrons. The summed E-state index contributed by atoms with van der Waals surface area (Å²) in [5.74, 6) is 0. The first-order valence-electron chi connectivity index (χ1n) is 4.80. The average Bonchev–Trinajstić information content (AvgIpc) is 2.75. The molecular formula is C12H7ClINS. The molecule has 0 saturated heterocycles. The van der Waals surface area contributed by atoms with E-state index in [9.17, 15) is 0 Å². The van der Waals surface area contributed by atoms with Crippen molar-refractivity contribution in [3.63, 3.8) is 0 Å². The minimum absolute atomic E-state index is 0.594. The molecule has 0 radical (unpaired) electrons. The van der Waals surface area contributed by atoms with Crippen molar-refractivity contribution in [3.8, 4) is 0 Å². The number of thiophene rings is 1. The van der Waals surface area contributed by atoms with E-state index in [0.717, 1.165) is 9.81 Å². The number of hydrogen-bond acceptors (Lipinski definition) is 2. The first-order chi connectivity index (χ1) is 7.81. The molecule has 0 amide bonds. The summed E-state index contributed by atoms with van der Waals surface area (Å²) in [6, 6.07) is 6.32. The molecule has 0 aliphatic carbocycles. The van der Waals surface area contributed by atoms with Crippen LogP contribution in [0.3, 0.4) is 0 Å². The molecule has 0 unspecified atom stereocenters. The first-order valence-corrected chi connectivity index (χ1v) is 7.59. The van der Waals surface area contributed by atoms with E-state index in [1.54, 1.807) is 17.5 Å². The van der Waals surface area contributed by atoms with Crippen molar-refractivity contribution in [1.82, 2.24) is 4.98 Å². The summed E-state index contributed by atoms with van der Waals surface area (Å²) in [6.07, 6.45) is 1.78. The van der Waals surface area contributed by atoms with Crippen LogP contribution < -0.4 is 0 Å². The normalized spacial score (nSPS) is 11.4. The van der Waals surface area contributed by atoms with Crippen LogP contribution in [0.5, 0.6) is 0 Å². The molecule has 0 bridgehead atoms. The Morgan fingerprint density at radius 1 is 1.31 bits per heavy atom. The lowest BCUT2D eigenvalue weighted by molar-refractivity contribution is 1.36. The van der Waals surface area contributed by atoms with Gasteiger partial charge >= 0.3 is 0 Å². The molecule has 1 aromatic carbocycles. The van der Waals surface area contributed by atoms with Gasteiger partial charge in [0.25, 0.3) is 0 Å². The van der Waals surface area contributed by atoms with Crippen LogP contribution >= 0.6 is 45.5 Å². The van der Waals surface area contributed by atoms with Crippen LogP contribution in [-0.4, -0.2) is 4.98 Å². The number of alkyl halides is 1. The molecule has 0 aliphatic heterocycles. The van der Waals surface area contributed by atoms with Gasteiger partial charge in [0.2, 0.25) is 0 Å². The fourth-order valence-electron chi connectivity index (χ4n) is 1.94. The maximum Gasteiger partial charge on any atom is 0.136 e. The Morgan fingerprint density at radius 2 is 2.19 bits per heavy atom. The Kier molecular flexibility index (Phi) is 2.77. The highest BCUT2D eigenvalue weighted by molar-refractivity contribution is 14.1. The second-order valence-corrected chi connectivity index (χ2v) is 5.56. The van der Waals surface area contributed by atoms with Gasteiger partial charge < -0.3 is 0 Å². The highest BCUT2D eigenvalue weighted by Crippen LogP contribution is 2.35. The topological polar surface area (TPSA) is 12.9 Å². The summed E-state index contributed by atoms with van der Waals surface area (Å²) < 4.78 is 2.36. The molecule has 0 fully saturated rings. The van der Waals surface area contributed by atoms with Gasteiger partial charge in [0, 0.05) is 20.7 Å². The van der Waals surface area contributed by atoms with Crippen molar-refractivity contribution >= 4 is 66.4 Å². The third-order valence-corrected chi connectivity index (χ3v) is 4.72. The number of nitrogens with zero attached hydrogens (tertiary/aromatic N) is 1. The van der Waals surface area contributed by atoms with Gasteiger partial charge in [-0.15, -0.1) is 11.3 Å². The standard InChI is InChI=1S/C12H7ClINS/c13-12-9-5-7-2-4-16-11(7)10(6-14)8(9)1-3-15-12/h1-5H,6H2. The van der Waals surface area contributed by atoms with Crippen LogP contribution in [0.4, 0.5) is 0 Å². The van der Waals surface area contributed by atoms with Crippen LogP contribution in [0.1, 0.15) is 5.56 Å². The summed E-state index contributed by atoms with van der Waals surface area (Å²) in [5, 5.41) is 6.27. The van der Waals surface area contributed by atoms with Crippen LogP contribution in [0.2, 0.25) is 5.15 Å². The molecule has 0 atom stereocenters. The van der Waals surface area contributed by atoms with E-state index in [4.69, 9.17) is 11.6 Å². The number of rotatable bonds is 1. The third kappa shape index (κ3) is 1.53. The van der Waals surface area contributed by atoms with Gasteiger partial charge in [-0.05, 0) is 39.9 Å². The minimum atomic E-state index is 0.594. The van der Waals surface area contributed by atoms with Crippen molar-refractivity contribution in [3.05, 3.63) is 40.5 Å². The van der Waals surface area contributed by atoms with E-state index in [-0.39, 0.29) is 0 Å². The predicted molar refractivity (Wildman–Crippen MR) is 79.9 cm³/mol. The van der Waals surface area contributed by atoms with Crippen molar-refractivity contribution in [2.45, 2.75) is 4.43 Å². The third-order valence-electron chi connectivity index (χ3n) is 2.67. The molecule has 1 nitrogen and oxygen atoms in total. The van der Waals surface area contributed by atoms with Crippen molar-refractivity contribution < 1.29 is 0 Å². The molecule has 2 heterocycles. The van der Waals surface area contributed by atoms with E-state index < -0.39 is 0 Å². The number of fused-ring (bicyclic) bond motifs is 2. The fourth-order valence-corrected chi connectivity index (χ4v) is 4.14. The lowest BCUT2D eigenvalue weighted by atomic mass is 10.1. The maximum atomic E-state index is 6.14. The van der Waals surface area contributed by atoms with Gasteiger partial charge in [-0.1, -0.05) is 34.2 Å². The van der Waals surface area contributed by atoms with Gasteiger partial charge in [-0.3, -0.25) is 0 Å². The quantitative estimate of drug-likeness (QED) is 0.337. The van der Waals surface area contributed by atoms with Crippen LogP contribution in [0.25, 0.3) is 20.9 Å². The Labute approximate surface area is 116 Å². The Balaban J connectivity index is 2.59. The van der Waals surface area contributed by atoms with E-state index in [1.165, 1.54) is 21.0 Å². The Hall–Kier alpha value is -0.390. The summed E-state index contributed by atoms with van der Waals surface area (Å²) in [7, 11) is 0. The molecule has 0 aliphatic rings. The predicted octanol–water partition coefficient (Wildman–Crippen LogP) is 5.04. The second kappa shape index (κ2) is 4.13. The molecule has 0 saturated carbocycles. The monoisotopic (exact) mass is 359 g/mol. The van der Waals surface area contributed by atoms with Crippen LogP contribution in [0.15, 0.2) is 29.8 Å². The zero-order valence-corrected chi connectivity index (χ0v) is 11.9. The zero-order valence-electron chi connectivity index (χ0n) is 8.21. The molecular weight excluding hydrogens is 353 g/mol. The summed E-state index contributed by atoms with van der Waals surface area (Å²) in [4.78, 5) is 4.14. The molecule has 0 N–H and O–H groups in total. The van der Waals surface area contributed by atoms with E-state index in [0.29, 0.717) is 5.15 Å². The number of hydrogen-bond donors (Lipinski definition) is 0. The maximum absolute atomic E-state index is 6.14. The van der Waals surface area contributed by atoms with Gasteiger partial charge in [0.05, 0.1) is 0 Å². The van der Waals surface area contributed by atoms with Gasteiger partial charge in [0.15, 0.2) is 0 Å². The molecule has 3 rings (SSSR count). The van der Waals surface area contributed by atoms with Gasteiger partial charge in [-0.2, -0.15) is 0 Å². The van der Waals surface area contributed by atoms with E-state index in [1.807, 2.05) is 6.07 Å². The number of pyridine rings is 1. The summed E-state index contributed by atoms with van der Waals surface area (Å²) in [6.45, 7) is 0. The van der Waals surface area contributed by atoms with Crippen molar-refractivity contribution in [2.75, 3.05) is 0 Å². The smallest absolute Gasteiger partial charge is 0.136 e. The number of benzene rings is 1. The van der Waals surface area contributed by atoms with Crippen LogP contribution in [-0.2, 0) is 4.43 Å². The summed E-state index contributed by atoms with van der Waals surface area (Å²) >= 11 is 10.3. The first kappa shape index (κ1) is 10.7. The van der Waals surface area contributed by atoms with E-state index in [2.05, 4.69) is 45.1 Å². The molecule has 3 aromatic rings. The van der Waals surface area contributed by atoms with E-state index >= 15 is 0 Å². The Bertz CT molecular complexity index is 677. The molecule has 2 aromatic heterocycles. The number of halogens is 2. The SMILES string of the molecule is Clc1nccc2c(CI)c3sccc3cc12. The molecule has 16 heavy (non-hydrogen) atoms. The highest BCUT2D eigenvalue weighted by atomic mass is 127. The molecule has 0 spiro atoms. The zero-order chi connectivity index (χ0) is 11.1. The van der Waals surface area contributed by atoms with Crippen molar-refractivity contribution in [1.29, 1.82) is 0 Å². The number of aromatic nitrogens is 1. The highest BCUT2D eigenvalue weighted by Gasteiger charge is 2.09. The van der Waals surface area contributed by atoms with Crippen molar-refractivity contribution in [2.24, 2.45) is 0 Å². The van der Waals surface area contributed by atoms with Gasteiger partial charge in [-0.25, -0.2) is 4.98 Å². The second-order valence-electron chi connectivity index (χ2n) is 3.52. The van der Waals surface area contributed by atoms with Crippen LogP contribution in [0, 0.1) is 0 Å². The Morgan fingerprint density at radius 3 is 3.00 bits per heavy atom. The minimum Gasteiger partial charge on any atom is -0.244 e. The lowest BCUT2D eigenvalue weighted by Gasteiger charge is -2.06. The fraction of sp³-hybridized carbons (Fsp3) is 0.0833. The lowest BCUT2D eigenvalue weighted by Crippen LogP contribution is -1.85. The molecule has 4 heteroatoms. The average molecular weight is 360 g/mol. The van der Waals surface area contributed by atoms with Gasteiger partial charge in [0.1, 0.15) is 5.15 Å².